The highest BCUT2D eigenvalue weighted by atomic mass is 32.1. The van der Waals surface area contributed by atoms with Gasteiger partial charge in [-0.3, -0.25) is 9.59 Å². The number of carbonyl (C=O) groups excluding carboxylic acids is 1. The molecule has 104 valence electrons. The van der Waals surface area contributed by atoms with Gasteiger partial charge in [0.15, 0.2) is 0 Å². The molecule has 0 saturated carbocycles. The highest BCUT2D eigenvalue weighted by Crippen LogP contribution is 2.38. The highest BCUT2D eigenvalue weighted by Gasteiger charge is 2.41. The van der Waals surface area contributed by atoms with Crippen LogP contribution in [0.5, 0.6) is 0 Å². The van der Waals surface area contributed by atoms with E-state index >= 15 is 0 Å². The van der Waals surface area contributed by atoms with E-state index in [1.54, 1.807) is 4.90 Å². The number of carbonyl (C=O) groups is 2. The molecule has 1 aromatic heterocycles. The van der Waals surface area contributed by atoms with E-state index in [1.165, 1.54) is 11.3 Å². The molecule has 1 N–H and O–H groups in total. The maximum absolute atomic E-state index is 12.1. The lowest BCUT2D eigenvalue weighted by atomic mass is 9.89. The summed E-state index contributed by atoms with van der Waals surface area (Å²) in [7, 11) is 0. The second-order valence-corrected chi connectivity index (χ2v) is 5.73. The monoisotopic (exact) mass is 282 g/mol. The fraction of sp³-hybridized carbons (Fsp3) is 0.615. The van der Waals surface area contributed by atoms with E-state index in [9.17, 15) is 14.7 Å². The van der Waals surface area contributed by atoms with Crippen LogP contribution >= 0.6 is 11.3 Å². The highest BCUT2D eigenvalue weighted by molar-refractivity contribution is 7.09. The molecule has 2 rings (SSSR count). The first-order chi connectivity index (χ1) is 9.04. The average molecular weight is 282 g/mol. The third kappa shape index (κ3) is 2.78. The zero-order valence-corrected chi connectivity index (χ0v) is 11.9. The summed E-state index contributed by atoms with van der Waals surface area (Å²) in [5, 5.41) is 12.0. The van der Waals surface area contributed by atoms with Crippen LogP contribution < -0.4 is 0 Å². The number of likely N-dealkylation sites (tertiary alicyclic amines) is 1. The lowest BCUT2D eigenvalue weighted by Gasteiger charge is -2.38. The molecule has 1 saturated heterocycles. The molecular formula is C13H18N2O3S. The molecule has 2 unspecified atom stereocenters. The number of carboxylic acid groups (broad SMARTS) is 1. The van der Waals surface area contributed by atoms with Crippen molar-refractivity contribution in [2.45, 2.75) is 39.2 Å². The number of hydrogen-bond donors (Lipinski definition) is 1. The van der Waals surface area contributed by atoms with Gasteiger partial charge in [-0.1, -0.05) is 6.92 Å². The Labute approximate surface area is 116 Å². The van der Waals surface area contributed by atoms with Gasteiger partial charge in [0.25, 0.3) is 0 Å². The molecule has 0 spiro atoms. The molecular weight excluding hydrogens is 264 g/mol. The van der Waals surface area contributed by atoms with Gasteiger partial charge < -0.3 is 10.0 Å². The quantitative estimate of drug-likeness (QED) is 0.919. The van der Waals surface area contributed by atoms with Crippen molar-refractivity contribution in [2.24, 2.45) is 5.92 Å². The van der Waals surface area contributed by atoms with Crippen LogP contribution in [-0.4, -0.2) is 33.4 Å². The van der Waals surface area contributed by atoms with Gasteiger partial charge >= 0.3 is 5.97 Å². The number of hydrogen-bond acceptors (Lipinski definition) is 4. The molecule has 1 amide bonds. The summed E-state index contributed by atoms with van der Waals surface area (Å²) in [5.41, 5.74) is 0.874. The maximum Gasteiger partial charge on any atom is 0.309 e. The van der Waals surface area contributed by atoms with Crippen LogP contribution in [0.1, 0.15) is 42.9 Å². The van der Waals surface area contributed by atoms with Gasteiger partial charge in [0, 0.05) is 24.0 Å². The van der Waals surface area contributed by atoms with Gasteiger partial charge in [0.2, 0.25) is 5.91 Å². The first-order valence-electron chi connectivity index (χ1n) is 6.49. The first kappa shape index (κ1) is 14.0. The predicted octanol–water partition coefficient (Wildman–Crippen LogP) is 2.23. The topological polar surface area (TPSA) is 70.5 Å². The summed E-state index contributed by atoms with van der Waals surface area (Å²) in [4.78, 5) is 29.6. The van der Waals surface area contributed by atoms with Crippen LogP contribution in [0, 0.1) is 12.8 Å². The minimum Gasteiger partial charge on any atom is -0.481 e. The summed E-state index contributed by atoms with van der Waals surface area (Å²) < 4.78 is 0. The zero-order chi connectivity index (χ0) is 14.0. The van der Waals surface area contributed by atoms with Crippen LogP contribution in [0.15, 0.2) is 5.38 Å². The van der Waals surface area contributed by atoms with Gasteiger partial charge in [0.05, 0.1) is 12.0 Å². The van der Waals surface area contributed by atoms with Crippen molar-refractivity contribution < 1.29 is 14.7 Å². The summed E-state index contributed by atoms with van der Waals surface area (Å²) in [6, 6.07) is -0.405. The number of aryl methyl sites for hydroxylation is 1. The van der Waals surface area contributed by atoms with E-state index in [0.717, 1.165) is 17.1 Å². The van der Waals surface area contributed by atoms with Gasteiger partial charge in [-0.2, -0.15) is 0 Å². The van der Waals surface area contributed by atoms with E-state index in [0.29, 0.717) is 19.4 Å². The van der Waals surface area contributed by atoms with E-state index < -0.39 is 17.9 Å². The van der Waals surface area contributed by atoms with Crippen LogP contribution in [0.2, 0.25) is 0 Å². The second kappa shape index (κ2) is 5.69. The Morgan fingerprint density at radius 1 is 1.63 bits per heavy atom. The van der Waals surface area contributed by atoms with Crippen molar-refractivity contribution in [1.82, 2.24) is 9.88 Å². The molecule has 1 aromatic rings. The van der Waals surface area contributed by atoms with E-state index in [4.69, 9.17) is 0 Å². The SMILES string of the molecule is CCCN1C(=O)CCC(C(=O)O)C1c1nc(C)cs1. The molecule has 1 aliphatic heterocycles. The van der Waals surface area contributed by atoms with Crippen molar-refractivity contribution in [3.63, 3.8) is 0 Å². The van der Waals surface area contributed by atoms with Crippen molar-refractivity contribution in [2.75, 3.05) is 6.54 Å². The lowest BCUT2D eigenvalue weighted by molar-refractivity contribution is -0.152. The first-order valence-corrected chi connectivity index (χ1v) is 7.36. The Balaban J connectivity index is 2.37. The van der Waals surface area contributed by atoms with Gasteiger partial charge in [-0.25, -0.2) is 4.98 Å². The fourth-order valence-electron chi connectivity index (χ4n) is 2.53. The smallest absolute Gasteiger partial charge is 0.309 e. The van der Waals surface area contributed by atoms with Crippen LogP contribution in [0.25, 0.3) is 0 Å². The van der Waals surface area contributed by atoms with Crippen molar-refractivity contribution in [1.29, 1.82) is 0 Å². The number of nitrogens with zero attached hydrogens (tertiary/aromatic N) is 2. The van der Waals surface area contributed by atoms with Gasteiger partial charge in [0.1, 0.15) is 5.01 Å². The second-order valence-electron chi connectivity index (χ2n) is 4.84. The van der Waals surface area contributed by atoms with Crippen molar-refractivity contribution in [3.05, 3.63) is 16.1 Å². The number of carboxylic acids is 1. The number of thiazole rings is 1. The molecule has 1 aliphatic rings. The molecule has 6 heteroatoms. The molecule has 5 nitrogen and oxygen atoms in total. The van der Waals surface area contributed by atoms with Gasteiger partial charge in [-0.15, -0.1) is 11.3 Å². The van der Waals surface area contributed by atoms with E-state index in [1.807, 2.05) is 19.2 Å². The predicted molar refractivity (Wildman–Crippen MR) is 72.0 cm³/mol. The Bertz CT molecular complexity index is 486. The molecule has 2 heterocycles. The number of rotatable bonds is 4. The Morgan fingerprint density at radius 3 is 2.89 bits per heavy atom. The van der Waals surface area contributed by atoms with E-state index in [-0.39, 0.29) is 5.91 Å². The third-order valence-electron chi connectivity index (χ3n) is 3.38. The third-order valence-corrected chi connectivity index (χ3v) is 4.41. The summed E-state index contributed by atoms with van der Waals surface area (Å²) in [6.45, 7) is 4.46. The summed E-state index contributed by atoms with van der Waals surface area (Å²) in [5.74, 6) is -1.35. The molecule has 0 aliphatic carbocycles. The standard InChI is InChI=1S/C13H18N2O3S/c1-3-6-15-10(16)5-4-9(13(17)18)11(15)12-14-8(2)7-19-12/h7,9,11H,3-6H2,1-2H3,(H,17,18). The molecule has 0 bridgehead atoms. The Hall–Kier alpha value is -1.43. The minimum atomic E-state index is -0.841. The normalized spacial score (nSPS) is 23.7. The largest absolute Gasteiger partial charge is 0.481 e. The molecule has 0 aromatic carbocycles. The van der Waals surface area contributed by atoms with Crippen molar-refractivity contribution in [3.8, 4) is 0 Å². The zero-order valence-electron chi connectivity index (χ0n) is 11.1. The van der Waals surface area contributed by atoms with Crippen LogP contribution in [0.4, 0.5) is 0 Å². The number of amides is 1. The summed E-state index contributed by atoms with van der Waals surface area (Å²) in [6.07, 6.45) is 1.54. The summed E-state index contributed by atoms with van der Waals surface area (Å²) >= 11 is 1.44. The minimum absolute atomic E-state index is 0.0391. The Morgan fingerprint density at radius 2 is 2.37 bits per heavy atom. The molecule has 2 atom stereocenters. The number of aliphatic carboxylic acids is 1. The van der Waals surface area contributed by atoms with E-state index in [2.05, 4.69) is 4.98 Å². The van der Waals surface area contributed by atoms with Gasteiger partial charge in [-0.05, 0) is 19.8 Å². The Kier molecular flexibility index (Phi) is 4.19. The molecule has 0 radical (unpaired) electrons. The fourth-order valence-corrected chi connectivity index (χ4v) is 3.50. The number of aromatic nitrogens is 1. The number of piperidine rings is 1. The molecule has 19 heavy (non-hydrogen) atoms. The van der Waals surface area contributed by atoms with Crippen LogP contribution in [-0.2, 0) is 9.59 Å². The molecule has 1 fully saturated rings. The maximum atomic E-state index is 12.1. The average Bonchev–Trinajstić information content (AvgIpc) is 2.78. The van der Waals surface area contributed by atoms with Crippen LogP contribution in [0.3, 0.4) is 0 Å². The van der Waals surface area contributed by atoms with Crippen molar-refractivity contribution >= 4 is 23.2 Å². The lowest BCUT2D eigenvalue weighted by Crippen LogP contribution is -2.45.